The molecule has 0 atom stereocenters. The zero-order valence-corrected chi connectivity index (χ0v) is 30.3. The maximum atomic E-state index is 5.41. The van der Waals surface area contributed by atoms with Crippen LogP contribution in [0.2, 0.25) is 0 Å². The van der Waals surface area contributed by atoms with E-state index in [-0.39, 0.29) is 0 Å². The van der Waals surface area contributed by atoms with Crippen LogP contribution >= 0.6 is 0 Å². The summed E-state index contributed by atoms with van der Waals surface area (Å²) in [6.07, 6.45) is 1.80. The second kappa shape index (κ2) is 13.0. The summed E-state index contributed by atoms with van der Waals surface area (Å²) >= 11 is 0. The van der Waals surface area contributed by atoms with Gasteiger partial charge < -0.3 is 9.13 Å². The second-order valence-electron chi connectivity index (χ2n) is 14.0. The molecule has 0 saturated carbocycles. The summed E-state index contributed by atoms with van der Waals surface area (Å²) in [5.41, 5.74) is 13.2. The molecule has 0 aliphatic heterocycles. The van der Waals surface area contributed by atoms with Gasteiger partial charge in [0.1, 0.15) is 5.69 Å². The Labute approximate surface area is 323 Å². The molecular formula is C51H33N5. The Kier molecular flexibility index (Phi) is 7.42. The van der Waals surface area contributed by atoms with Crippen LogP contribution in [0.25, 0.3) is 100 Å². The van der Waals surface area contributed by atoms with E-state index >= 15 is 0 Å². The van der Waals surface area contributed by atoms with Gasteiger partial charge >= 0.3 is 0 Å². The summed E-state index contributed by atoms with van der Waals surface area (Å²) < 4.78 is 4.81. The molecule has 11 rings (SSSR count). The van der Waals surface area contributed by atoms with Crippen LogP contribution in [-0.4, -0.2) is 24.1 Å². The van der Waals surface area contributed by atoms with E-state index in [2.05, 4.69) is 179 Å². The number of pyridine rings is 1. The molecule has 5 heteroatoms. The molecule has 0 bridgehead atoms. The van der Waals surface area contributed by atoms with Crippen LogP contribution in [0, 0.1) is 0 Å². The fourth-order valence-electron chi connectivity index (χ4n) is 8.42. The number of nitrogens with zero attached hydrogens (tertiary/aromatic N) is 5. The third-order valence-corrected chi connectivity index (χ3v) is 10.8. The average Bonchev–Trinajstić information content (AvgIpc) is 3.79. The highest BCUT2D eigenvalue weighted by atomic mass is 15.0. The minimum atomic E-state index is 0.570. The summed E-state index contributed by atoms with van der Waals surface area (Å²) in [6.45, 7) is 0. The van der Waals surface area contributed by atoms with Gasteiger partial charge in [-0.25, -0.2) is 9.97 Å². The van der Waals surface area contributed by atoms with E-state index < -0.39 is 0 Å². The fraction of sp³-hybridized carbons (Fsp3) is 0. The van der Waals surface area contributed by atoms with Gasteiger partial charge in [0.2, 0.25) is 0 Å². The Bertz CT molecular complexity index is 3090. The Hall–Kier alpha value is -7.63. The number of aromatic nitrogens is 5. The molecule has 0 saturated heterocycles. The SMILES string of the molecule is c1ccc(-c2cc(-c3c(-c4ccccc4-n4c5ccccc5c5ccccc54)cccc3-n3c4ccccc4c4ccccc43)nc(-c3ccccn3)n2)cc1. The maximum absolute atomic E-state index is 5.41. The molecule has 4 heterocycles. The van der Waals surface area contributed by atoms with Crippen molar-refractivity contribution >= 4 is 43.6 Å². The van der Waals surface area contributed by atoms with Crippen molar-refractivity contribution in [1.82, 2.24) is 24.1 Å². The highest BCUT2D eigenvalue weighted by molar-refractivity contribution is 6.11. The van der Waals surface area contributed by atoms with Crippen LogP contribution in [0.15, 0.2) is 200 Å². The summed E-state index contributed by atoms with van der Waals surface area (Å²) in [4.78, 5) is 15.3. The minimum absolute atomic E-state index is 0.570. The van der Waals surface area contributed by atoms with Crippen molar-refractivity contribution in [2.24, 2.45) is 0 Å². The number of rotatable bonds is 6. The second-order valence-corrected chi connectivity index (χ2v) is 14.0. The van der Waals surface area contributed by atoms with E-state index in [0.29, 0.717) is 11.5 Å². The van der Waals surface area contributed by atoms with Crippen molar-refractivity contribution in [3.63, 3.8) is 0 Å². The van der Waals surface area contributed by atoms with Crippen LogP contribution in [-0.2, 0) is 0 Å². The third-order valence-electron chi connectivity index (χ3n) is 10.8. The number of para-hydroxylation sites is 5. The number of fused-ring (bicyclic) bond motifs is 6. The lowest BCUT2D eigenvalue weighted by atomic mass is 9.93. The Morgan fingerprint density at radius 1 is 0.339 bits per heavy atom. The molecule has 0 spiro atoms. The van der Waals surface area contributed by atoms with Crippen LogP contribution in [0.1, 0.15) is 0 Å². The Morgan fingerprint density at radius 2 is 0.821 bits per heavy atom. The largest absolute Gasteiger partial charge is 0.309 e. The topological polar surface area (TPSA) is 48.5 Å². The van der Waals surface area contributed by atoms with Gasteiger partial charge in [-0.15, -0.1) is 0 Å². The quantitative estimate of drug-likeness (QED) is 0.172. The lowest BCUT2D eigenvalue weighted by Gasteiger charge is -2.21. The van der Waals surface area contributed by atoms with Crippen molar-refractivity contribution in [2.45, 2.75) is 0 Å². The normalized spacial score (nSPS) is 11.6. The van der Waals surface area contributed by atoms with Gasteiger partial charge in [0.25, 0.3) is 0 Å². The summed E-state index contributed by atoms with van der Waals surface area (Å²) in [6, 6.07) is 68.5. The molecule has 0 N–H and O–H groups in total. The predicted molar refractivity (Wildman–Crippen MR) is 230 cm³/mol. The van der Waals surface area contributed by atoms with Gasteiger partial charge in [0.05, 0.1) is 44.8 Å². The molecule has 262 valence electrons. The summed E-state index contributed by atoms with van der Waals surface area (Å²) in [5, 5.41) is 4.85. The molecule has 11 aromatic rings. The third kappa shape index (κ3) is 5.06. The van der Waals surface area contributed by atoms with Gasteiger partial charge in [0.15, 0.2) is 5.82 Å². The first-order valence-electron chi connectivity index (χ1n) is 18.9. The highest BCUT2D eigenvalue weighted by Gasteiger charge is 2.24. The van der Waals surface area contributed by atoms with E-state index in [0.717, 1.165) is 67.1 Å². The van der Waals surface area contributed by atoms with Gasteiger partial charge in [-0.05, 0) is 60.2 Å². The average molecular weight is 716 g/mol. The molecule has 0 aliphatic rings. The van der Waals surface area contributed by atoms with E-state index in [1.54, 1.807) is 6.20 Å². The lowest BCUT2D eigenvalue weighted by Crippen LogP contribution is -2.04. The zero-order chi connectivity index (χ0) is 37.0. The predicted octanol–water partition coefficient (Wildman–Crippen LogP) is 12.7. The molecule has 7 aromatic carbocycles. The maximum Gasteiger partial charge on any atom is 0.179 e. The van der Waals surface area contributed by atoms with Crippen molar-refractivity contribution in [3.05, 3.63) is 200 Å². The van der Waals surface area contributed by atoms with Crippen molar-refractivity contribution in [2.75, 3.05) is 0 Å². The first kappa shape index (κ1) is 31.9. The number of hydrogen-bond donors (Lipinski definition) is 0. The Morgan fingerprint density at radius 3 is 1.43 bits per heavy atom. The Balaban J connectivity index is 1.28. The number of benzene rings is 7. The first-order valence-corrected chi connectivity index (χ1v) is 18.9. The van der Waals surface area contributed by atoms with Crippen LogP contribution in [0.3, 0.4) is 0 Å². The number of hydrogen-bond acceptors (Lipinski definition) is 3. The first-order chi connectivity index (χ1) is 27.8. The summed E-state index contributed by atoms with van der Waals surface area (Å²) in [5.74, 6) is 0.570. The molecule has 0 fully saturated rings. The molecule has 0 aliphatic carbocycles. The molecular weight excluding hydrogens is 683 g/mol. The van der Waals surface area contributed by atoms with E-state index in [4.69, 9.17) is 15.0 Å². The van der Waals surface area contributed by atoms with Gasteiger partial charge in [-0.2, -0.15) is 0 Å². The summed E-state index contributed by atoms with van der Waals surface area (Å²) in [7, 11) is 0. The van der Waals surface area contributed by atoms with Crippen molar-refractivity contribution in [3.8, 4) is 56.5 Å². The van der Waals surface area contributed by atoms with E-state index in [1.807, 2.05) is 24.3 Å². The van der Waals surface area contributed by atoms with Crippen molar-refractivity contribution < 1.29 is 0 Å². The molecule has 0 amide bonds. The molecule has 0 radical (unpaired) electrons. The minimum Gasteiger partial charge on any atom is -0.309 e. The zero-order valence-electron chi connectivity index (χ0n) is 30.3. The smallest absolute Gasteiger partial charge is 0.179 e. The van der Waals surface area contributed by atoms with E-state index in [9.17, 15) is 0 Å². The monoisotopic (exact) mass is 715 g/mol. The highest BCUT2D eigenvalue weighted by Crippen LogP contribution is 2.44. The molecule has 5 nitrogen and oxygen atoms in total. The molecule has 0 unspecified atom stereocenters. The van der Waals surface area contributed by atoms with Gasteiger partial charge in [-0.1, -0.05) is 140 Å². The molecule has 56 heavy (non-hydrogen) atoms. The van der Waals surface area contributed by atoms with E-state index in [1.165, 1.54) is 21.5 Å². The fourth-order valence-corrected chi connectivity index (χ4v) is 8.42. The lowest BCUT2D eigenvalue weighted by molar-refractivity contribution is 1.13. The van der Waals surface area contributed by atoms with Crippen molar-refractivity contribution in [1.29, 1.82) is 0 Å². The standard InChI is InChI=1S/C51H33N5/c1-2-17-34(18-3-1)42-33-43(54-51(53-42)41-25-14-15-32-52-41)50-40(24-16-31-49(50)56-46-28-11-6-21-37(46)38-22-7-12-29-47(38)56)39-23-8-13-30-48(39)55-44-26-9-4-19-35(44)36-20-5-10-27-45(36)55/h1-33H. The molecule has 4 aromatic heterocycles. The van der Waals surface area contributed by atoms with Gasteiger partial charge in [0, 0.05) is 44.4 Å². The van der Waals surface area contributed by atoms with Gasteiger partial charge in [-0.3, -0.25) is 4.98 Å². The van der Waals surface area contributed by atoms with Crippen LogP contribution in [0.5, 0.6) is 0 Å². The van der Waals surface area contributed by atoms with Crippen LogP contribution in [0.4, 0.5) is 0 Å². The van der Waals surface area contributed by atoms with Crippen LogP contribution < -0.4 is 0 Å².